The summed E-state index contributed by atoms with van der Waals surface area (Å²) >= 11 is 1.62. The molecule has 24 heavy (non-hydrogen) atoms. The molecule has 0 bridgehead atoms. The molecule has 0 spiro atoms. The standard InChI is InChI=1S/C19H23NO3S/c1-24-18-7-3-2-6-17(18)19(22)14-5-4-10-20(11-14)12-15-8-9-16(13-21)23-15/h2-3,6-9,14,21H,4-5,10-13H2,1H3/t14-/m0/s1. The number of ketones is 1. The molecule has 0 aliphatic carbocycles. The lowest BCUT2D eigenvalue weighted by Gasteiger charge is -2.31. The molecular formula is C19H23NO3S. The topological polar surface area (TPSA) is 53.7 Å². The van der Waals surface area contributed by atoms with Crippen LogP contribution < -0.4 is 0 Å². The van der Waals surface area contributed by atoms with Gasteiger partial charge in [-0.3, -0.25) is 9.69 Å². The quantitative estimate of drug-likeness (QED) is 0.640. The van der Waals surface area contributed by atoms with E-state index < -0.39 is 0 Å². The molecule has 0 saturated carbocycles. The number of thioether (sulfide) groups is 1. The summed E-state index contributed by atoms with van der Waals surface area (Å²) < 4.78 is 5.57. The number of aliphatic hydroxyl groups is 1. The molecule has 1 aliphatic heterocycles. The average molecular weight is 345 g/mol. The summed E-state index contributed by atoms with van der Waals surface area (Å²) in [6.07, 6.45) is 3.97. The van der Waals surface area contributed by atoms with E-state index in [2.05, 4.69) is 4.90 Å². The lowest BCUT2D eigenvalue weighted by atomic mass is 9.90. The van der Waals surface area contributed by atoms with Gasteiger partial charge in [-0.1, -0.05) is 18.2 Å². The summed E-state index contributed by atoms with van der Waals surface area (Å²) in [4.78, 5) is 16.3. The van der Waals surface area contributed by atoms with Crippen LogP contribution in [-0.4, -0.2) is 35.1 Å². The zero-order valence-corrected chi connectivity index (χ0v) is 14.7. The van der Waals surface area contributed by atoms with Gasteiger partial charge in [-0.25, -0.2) is 0 Å². The average Bonchev–Trinajstić information content (AvgIpc) is 3.09. The molecule has 1 saturated heterocycles. The largest absolute Gasteiger partial charge is 0.462 e. The van der Waals surface area contributed by atoms with E-state index in [0.717, 1.165) is 42.2 Å². The molecule has 3 rings (SSSR count). The molecule has 0 unspecified atom stereocenters. The third-order valence-electron chi connectivity index (χ3n) is 4.50. The Morgan fingerprint density at radius 3 is 2.83 bits per heavy atom. The highest BCUT2D eigenvalue weighted by Crippen LogP contribution is 2.27. The number of carbonyl (C=O) groups excluding carboxylic acids is 1. The maximum atomic E-state index is 12.9. The molecule has 1 aromatic carbocycles. The van der Waals surface area contributed by atoms with Crippen molar-refractivity contribution in [3.8, 4) is 0 Å². The number of hydrogen-bond acceptors (Lipinski definition) is 5. The molecule has 5 heteroatoms. The lowest BCUT2D eigenvalue weighted by Crippen LogP contribution is -2.38. The van der Waals surface area contributed by atoms with Crippen molar-refractivity contribution in [1.29, 1.82) is 0 Å². The normalized spacial score (nSPS) is 18.7. The Morgan fingerprint density at radius 1 is 1.29 bits per heavy atom. The number of benzene rings is 1. The fraction of sp³-hybridized carbons (Fsp3) is 0.421. The molecule has 0 amide bonds. The van der Waals surface area contributed by atoms with Crippen LogP contribution in [0.3, 0.4) is 0 Å². The van der Waals surface area contributed by atoms with E-state index in [-0.39, 0.29) is 18.3 Å². The Labute approximate surface area is 146 Å². The third kappa shape index (κ3) is 3.91. The van der Waals surface area contributed by atoms with E-state index in [0.29, 0.717) is 12.3 Å². The van der Waals surface area contributed by atoms with Crippen molar-refractivity contribution in [3.05, 3.63) is 53.5 Å². The van der Waals surface area contributed by atoms with Crippen LogP contribution in [0.2, 0.25) is 0 Å². The number of carbonyl (C=O) groups is 1. The first-order chi connectivity index (χ1) is 11.7. The Kier molecular flexibility index (Phi) is 5.76. The minimum absolute atomic E-state index is 0.0410. The van der Waals surface area contributed by atoms with Gasteiger partial charge in [0, 0.05) is 22.9 Å². The lowest BCUT2D eigenvalue weighted by molar-refractivity contribution is 0.0798. The Hall–Kier alpha value is -1.56. The van der Waals surface area contributed by atoms with Crippen molar-refractivity contribution < 1.29 is 14.3 Å². The van der Waals surface area contributed by atoms with Gasteiger partial charge in [0.1, 0.15) is 18.1 Å². The van der Waals surface area contributed by atoms with Crippen LogP contribution in [0, 0.1) is 5.92 Å². The van der Waals surface area contributed by atoms with Gasteiger partial charge in [-0.05, 0) is 43.8 Å². The molecule has 0 radical (unpaired) electrons. The molecule has 1 aliphatic rings. The van der Waals surface area contributed by atoms with Gasteiger partial charge in [0.25, 0.3) is 0 Å². The fourth-order valence-corrected chi connectivity index (χ4v) is 3.90. The Balaban J connectivity index is 1.67. The second-order valence-corrected chi connectivity index (χ2v) is 7.01. The number of rotatable bonds is 6. The van der Waals surface area contributed by atoms with Gasteiger partial charge in [-0.15, -0.1) is 11.8 Å². The Bertz CT molecular complexity index is 697. The van der Waals surface area contributed by atoms with E-state index in [1.165, 1.54) is 0 Å². The zero-order chi connectivity index (χ0) is 16.9. The van der Waals surface area contributed by atoms with Crippen LogP contribution in [-0.2, 0) is 13.2 Å². The Morgan fingerprint density at radius 2 is 2.08 bits per heavy atom. The second kappa shape index (κ2) is 8.01. The highest BCUT2D eigenvalue weighted by atomic mass is 32.2. The number of hydrogen-bond donors (Lipinski definition) is 1. The third-order valence-corrected chi connectivity index (χ3v) is 5.30. The number of aliphatic hydroxyl groups excluding tert-OH is 1. The number of furan rings is 1. The van der Waals surface area contributed by atoms with Crippen molar-refractivity contribution in [1.82, 2.24) is 4.90 Å². The van der Waals surface area contributed by atoms with Gasteiger partial charge in [0.05, 0.1) is 6.54 Å². The second-order valence-electron chi connectivity index (χ2n) is 6.16. The van der Waals surface area contributed by atoms with E-state index in [1.807, 2.05) is 36.6 Å². The highest BCUT2D eigenvalue weighted by molar-refractivity contribution is 7.98. The first-order valence-corrected chi connectivity index (χ1v) is 9.51. The molecule has 1 N–H and O–H groups in total. The molecule has 1 atom stereocenters. The van der Waals surface area contributed by atoms with Gasteiger partial charge in [0.15, 0.2) is 5.78 Å². The SMILES string of the molecule is CSc1ccccc1C(=O)[C@H]1CCCN(Cc2ccc(CO)o2)C1. The van der Waals surface area contributed by atoms with Gasteiger partial charge in [-0.2, -0.15) is 0 Å². The summed E-state index contributed by atoms with van der Waals surface area (Å²) in [5.41, 5.74) is 0.845. The van der Waals surface area contributed by atoms with Crippen molar-refractivity contribution >= 4 is 17.5 Å². The van der Waals surface area contributed by atoms with Crippen LogP contribution in [0.5, 0.6) is 0 Å². The highest BCUT2D eigenvalue weighted by Gasteiger charge is 2.28. The van der Waals surface area contributed by atoms with E-state index >= 15 is 0 Å². The number of piperidine rings is 1. The van der Waals surface area contributed by atoms with Gasteiger partial charge >= 0.3 is 0 Å². The summed E-state index contributed by atoms with van der Waals surface area (Å²) in [6, 6.07) is 11.6. The molecule has 2 heterocycles. The minimum Gasteiger partial charge on any atom is -0.462 e. The van der Waals surface area contributed by atoms with Crippen molar-refractivity contribution in [3.63, 3.8) is 0 Å². The van der Waals surface area contributed by atoms with E-state index in [4.69, 9.17) is 9.52 Å². The smallest absolute Gasteiger partial charge is 0.168 e. The number of nitrogens with zero attached hydrogens (tertiary/aromatic N) is 1. The van der Waals surface area contributed by atoms with Crippen LogP contribution in [0.15, 0.2) is 45.7 Å². The van der Waals surface area contributed by atoms with Crippen LogP contribution in [0.25, 0.3) is 0 Å². The molecular weight excluding hydrogens is 322 g/mol. The first kappa shape index (κ1) is 17.3. The summed E-state index contributed by atoms with van der Waals surface area (Å²) in [6.45, 7) is 2.35. The van der Waals surface area contributed by atoms with Crippen LogP contribution in [0.4, 0.5) is 0 Å². The molecule has 1 fully saturated rings. The molecule has 2 aromatic rings. The molecule has 128 valence electrons. The number of Topliss-reactive ketones (excluding diaryl/α,β-unsaturated/α-hetero) is 1. The van der Waals surface area contributed by atoms with Crippen LogP contribution in [0.1, 0.15) is 34.7 Å². The predicted molar refractivity (Wildman–Crippen MR) is 95.2 cm³/mol. The number of likely N-dealkylation sites (tertiary alicyclic amines) is 1. The maximum absolute atomic E-state index is 12.9. The van der Waals surface area contributed by atoms with E-state index in [9.17, 15) is 4.79 Å². The maximum Gasteiger partial charge on any atom is 0.168 e. The van der Waals surface area contributed by atoms with Crippen molar-refractivity contribution in [2.75, 3.05) is 19.3 Å². The van der Waals surface area contributed by atoms with Gasteiger partial charge in [0.2, 0.25) is 0 Å². The van der Waals surface area contributed by atoms with Gasteiger partial charge < -0.3 is 9.52 Å². The summed E-state index contributed by atoms with van der Waals surface area (Å²) in [7, 11) is 0. The summed E-state index contributed by atoms with van der Waals surface area (Å²) in [5, 5.41) is 9.09. The summed E-state index contributed by atoms with van der Waals surface area (Å²) in [5.74, 6) is 1.72. The minimum atomic E-state index is -0.0768. The molecule has 1 aromatic heterocycles. The predicted octanol–water partition coefficient (Wildman–Crippen LogP) is 3.59. The fourth-order valence-electron chi connectivity index (χ4n) is 3.29. The van der Waals surface area contributed by atoms with Crippen molar-refractivity contribution in [2.45, 2.75) is 30.9 Å². The molecule has 4 nitrogen and oxygen atoms in total. The zero-order valence-electron chi connectivity index (χ0n) is 13.9. The van der Waals surface area contributed by atoms with Crippen molar-refractivity contribution in [2.24, 2.45) is 5.92 Å². The van der Waals surface area contributed by atoms with E-state index in [1.54, 1.807) is 17.8 Å². The monoisotopic (exact) mass is 345 g/mol. The first-order valence-electron chi connectivity index (χ1n) is 8.29. The van der Waals surface area contributed by atoms with Crippen LogP contribution >= 0.6 is 11.8 Å².